The SMILES string of the molecule is CCCCCC(CC)(CCCCC)Oc1cccc(O)c1O. The molecule has 1 aromatic carbocycles. The van der Waals surface area contributed by atoms with Gasteiger partial charge in [0.05, 0.1) is 0 Å². The van der Waals surface area contributed by atoms with Crippen LogP contribution >= 0.6 is 0 Å². The number of aromatic hydroxyl groups is 2. The van der Waals surface area contributed by atoms with Crippen molar-refractivity contribution in [3.05, 3.63) is 18.2 Å². The number of benzene rings is 1. The quantitative estimate of drug-likeness (QED) is 0.402. The lowest BCUT2D eigenvalue weighted by Crippen LogP contribution is -2.35. The molecule has 0 aliphatic rings. The van der Waals surface area contributed by atoms with Crippen LogP contribution in [0.1, 0.15) is 78.6 Å². The molecule has 0 aliphatic heterocycles. The second-order valence-corrected chi connectivity index (χ2v) is 6.18. The fourth-order valence-electron chi connectivity index (χ4n) is 2.87. The summed E-state index contributed by atoms with van der Waals surface area (Å²) in [4.78, 5) is 0. The smallest absolute Gasteiger partial charge is 0.200 e. The Hall–Kier alpha value is -1.38. The average Bonchev–Trinajstić information content (AvgIpc) is 2.52. The maximum absolute atomic E-state index is 10.0. The summed E-state index contributed by atoms with van der Waals surface area (Å²) in [5.74, 6) is 0.130. The summed E-state index contributed by atoms with van der Waals surface area (Å²) in [5, 5.41) is 19.7. The van der Waals surface area contributed by atoms with E-state index in [0.29, 0.717) is 5.75 Å². The Morgan fingerprint density at radius 2 is 1.50 bits per heavy atom. The monoisotopic (exact) mass is 308 g/mol. The molecule has 0 bridgehead atoms. The summed E-state index contributed by atoms with van der Waals surface area (Å²) in [6, 6.07) is 4.92. The van der Waals surface area contributed by atoms with Crippen LogP contribution in [0, 0.1) is 0 Å². The van der Waals surface area contributed by atoms with Gasteiger partial charge in [0.2, 0.25) is 5.75 Å². The lowest BCUT2D eigenvalue weighted by Gasteiger charge is -2.34. The van der Waals surface area contributed by atoms with Crippen LogP contribution in [0.3, 0.4) is 0 Å². The van der Waals surface area contributed by atoms with Gasteiger partial charge in [-0.15, -0.1) is 0 Å². The van der Waals surface area contributed by atoms with Crippen LogP contribution in [0.5, 0.6) is 17.2 Å². The standard InChI is InChI=1S/C19H32O3/c1-4-7-9-14-19(6-3,15-10-8-5-2)22-17-13-11-12-16(20)18(17)21/h11-13,20-21H,4-10,14-15H2,1-3H3. The number of unbranched alkanes of at least 4 members (excludes halogenated alkanes) is 4. The largest absolute Gasteiger partial charge is 0.504 e. The highest BCUT2D eigenvalue weighted by molar-refractivity contribution is 5.49. The minimum Gasteiger partial charge on any atom is -0.504 e. The minimum atomic E-state index is -0.240. The number of phenols is 2. The van der Waals surface area contributed by atoms with Gasteiger partial charge >= 0.3 is 0 Å². The molecular formula is C19H32O3. The number of phenolic OH excluding ortho intramolecular Hbond substituents is 2. The molecule has 0 aromatic heterocycles. The summed E-state index contributed by atoms with van der Waals surface area (Å²) >= 11 is 0. The highest BCUT2D eigenvalue weighted by Crippen LogP contribution is 2.40. The third-order valence-corrected chi connectivity index (χ3v) is 4.42. The maximum Gasteiger partial charge on any atom is 0.200 e. The second-order valence-electron chi connectivity index (χ2n) is 6.18. The van der Waals surface area contributed by atoms with E-state index in [4.69, 9.17) is 4.74 Å². The molecule has 0 saturated carbocycles. The molecule has 0 fully saturated rings. The third-order valence-electron chi connectivity index (χ3n) is 4.42. The highest BCUT2D eigenvalue weighted by atomic mass is 16.5. The fourth-order valence-corrected chi connectivity index (χ4v) is 2.87. The topological polar surface area (TPSA) is 49.7 Å². The van der Waals surface area contributed by atoms with Gasteiger partial charge in [-0.05, 0) is 44.2 Å². The van der Waals surface area contributed by atoms with Gasteiger partial charge in [-0.25, -0.2) is 0 Å². The molecule has 0 radical (unpaired) electrons. The highest BCUT2D eigenvalue weighted by Gasteiger charge is 2.30. The first-order valence-corrected chi connectivity index (χ1v) is 8.78. The zero-order valence-electron chi connectivity index (χ0n) is 14.4. The number of hydrogen-bond acceptors (Lipinski definition) is 3. The van der Waals surface area contributed by atoms with E-state index in [0.717, 1.165) is 32.1 Å². The van der Waals surface area contributed by atoms with E-state index in [9.17, 15) is 10.2 Å². The summed E-state index contributed by atoms with van der Waals surface area (Å²) in [6.45, 7) is 6.55. The van der Waals surface area contributed by atoms with Crippen molar-refractivity contribution in [3.63, 3.8) is 0 Å². The van der Waals surface area contributed by atoms with E-state index in [1.165, 1.54) is 31.7 Å². The van der Waals surface area contributed by atoms with E-state index < -0.39 is 0 Å². The molecule has 0 atom stereocenters. The van der Waals surface area contributed by atoms with Crippen molar-refractivity contribution in [3.8, 4) is 17.2 Å². The molecule has 126 valence electrons. The van der Waals surface area contributed by atoms with E-state index in [1.807, 2.05) is 0 Å². The Balaban J connectivity index is 2.88. The van der Waals surface area contributed by atoms with Gasteiger partial charge in [-0.2, -0.15) is 0 Å². The van der Waals surface area contributed by atoms with E-state index in [1.54, 1.807) is 12.1 Å². The Kier molecular flexibility index (Phi) is 8.15. The predicted octanol–water partition coefficient (Wildman–Crippen LogP) is 5.79. The van der Waals surface area contributed by atoms with Crippen molar-refractivity contribution < 1.29 is 14.9 Å². The normalized spacial score (nSPS) is 11.6. The second kappa shape index (κ2) is 9.60. The molecule has 3 heteroatoms. The van der Waals surface area contributed by atoms with Crippen molar-refractivity contribution in [2.24, 2.45) is 0 Å². The summed E-state index contributed by atoms with van der Waals surface area (Å²) < 4.78 is 6.25. The molecule has 0 aliphatic carbocycles. The van der Waals surface area contributed by atoms with Gasteiger partial charge in [0.25, 0.3) is 0 Å². The van der Waals surface area contributed by atoms with Gasteiger partial charge in [-0.1, -0.05) is 52.5 Å². The lowest BCUT2D eigenvalue weighted by molar-refractivity contribution is 0.0379. The molecule has 0 spiro atoms. The van der Waals surface area contributed by atoms with E-state index in [-0.39, 0.29) is 17.1 Å². The van der Waals surface area contributed by atoms with Gasteiger partial charge in [0, 0.05) is 0 Å². The molecular weight excluding hydrogens is 276 g/mol. The number of rotatable bonds is 11. The van der Waals surface area contributed by atoms with E-state index >= 15 is 0 Å². The van der Waals surface area contributed by atoms with Gasteiger partial charge in [-0.3, -0.25) is 0 Å². The van der Waals surface area contributed by atoms with Crippen molar-refractivity contribution >= 4 is 0 Å². The molecule has 2 N–H and O–H groups in total. The minimum absolute atomic E-state index is 0.121. The molecule has 0 unspecified atom stereocenters. The number of ether oxygens (including phenoxy) is 1. The van der Waals surface area contributed by atoms with Crippen molar-refractivity contribution in [1.82, 2.24) is 0 Å². The summed E-state index contributed by atoms with van der Waals surface area (Å²) in [7, 11) is 0. The van der Waals surface area contributed by atoms with Crippen molar-refractivity contribution in [2.45, 2.75) is 84.2 Å². The molecule has 3 nitrogen and oxygen atoms in total. The molecule has 22 heavy (non-hydrogen) atoms. The van der Waals surface area contributed by atoms with Crippen LogP contribution in [0.15, 0.2) is 18.2 Å². The van der Waals surface area contributed by atoms with Crippen molar-refractivity contribution in [2.75, 3.05) is 0 Å². The van der Waals surface area contributed by atoms with Crippen LogP contribution < -0.4 is 4.74 Å². The van der Waals surface area contributed by atoms with Crippen LogP contribution in [-0.2, 0) is 0 Å². The van der Waals surface area contributed by atoms with Crippen LogP contribution in [0.25, 0.3) is 0 Å². The maximum atomic E-state index is 10.0. The van der Waals surface area contributed by atoms with E-state index in [2.05, 4.69) is 20.8 Å². The number of hydrogen-bond donors (Lipinski definition) is 2. The predicted molar refractivity (Wildman–Crippen MR) is 91.7 cm³/mol. The Morgan fingerprint density at radius 3 is 2.00 bits per heavy atom. The van der Waals surface area contributed by atoms with Gasteiger partial charge in [0.1, 0.15) is 5.60 Å². The number of para-hydroxylation sites is 1. The fraction of sp³-hybridized carbons (Fsp3) is 0.684. The molecule has 1 aromatic rings. The zero-order valence-corrected chi connectivity index (χ0v) is 14.4. The van der Waals surface area contributed by atoms with Crippen molar-refractivity contribution in [1.29, 1.82) is 0 Å². The van der Waals surface area contributed by atoms with Crippen LogP contribution in [0.4, 0.5) is 0 Å². The van der Waals surface area contributed by atoms with Gasteiger partial charge < -0.3 is 14.9 Å². The summed E-state index contributed by atoms with van der Waals surface area (Å²) in [6.07, 6.45) is 9.95. The first-order chi connectivity index (χ1) is 10.6. The molecule has 0 amide bonds. The van der Waals surface area contributed by atoms with Crippen LogP contribution in [0.2, 0.25) is 0 Å². The first kappa shape index (κ1) is 18.7. The molecule has 0 heterocycles. The Bertz CT molecular complexity index is 419. The van der Waals surface area contributed by atoms with Crippen LogP contribution in [-0.4, -0.2) is 15.8 Å². The van der Waals surface area contributed by atoms with Gasteiger partial charge in [0.15, 0.2) is 11.5 Å². The summed E-state index contributed by atoms with van der Waals surface area (Å²) in [5.41, 5.74) is -0.240. The first-order valence-electron chi connectivity index (χ1n) is 8.78. The Labute approximate surface area is 135 Å². The average molecular weight is 308 g/mol. The molecule has 0 saturated heterocycles. The third kappa shape index (κ3) is 5.43. The Morgan fingerprint density at radius 1 is 0.909 bits per heavy atom. The lowest BCUT2D eigenvalue weighted by atomic mass is 9.87. The zero-order chi connectivity index (χ0) is 16.4. The molecule has 1 rings (SSSR count).